The molecule has 2 aromatic heterocycles. The van der Waals surface area contributed by atoms with E-state index in [-0.39, 0.29) is 0 Å². The quantitative estimate of drug-likeness (QED) is 0.741. The molecule has 21 heavy (non-hydrogen) atoms. The van der Waals surface area contributed by atoms with E-state index in [0.717, 1.165) is 11.3 Å². The van der Waals surface area contributed by atoms with E-state index >= 15 is 0 Å². The van der Waals surface area contributed by atoms with E-state index < -0.39 is 0 Å². The number of nitrogens with zero attached hydrogens (tertiary/aromatic N) is 3. The maximum absolute atomic E-state index is 5.36. The summed E-state index contributed by atoms with van der Waals surface area (Å²) in [6.45, 7) is 4.19. The van der Waals surface area contributed by atoms with E-state index in [2.05, 4.69) is 42.0 Å². The largest absolute Gasteiger partial charge is 0.482 e. The molecule has 1 aromatic carbocycles. The van der Waals surface area contributed by atoms with Crippen LogP contribution in [0.5, 0.6) is 11.8 Å². The van der Waals surface area contributed by atoms with Crippen LogP contribution in [0.2, 0.25) is 0 Å². The minimum atomic E-state index is 0.483. The molecule has 0 radical (unpaired) electrons. The van der Waals surface area contributed by atoms with Gasteiger partial charge in [-0.2, -0.15) is 4.98 Å². The molecule has 0 amide bonds. The summed E-state index contributed by atoms with van der Waals surface area (Å²) >= 11 is 0. The summed E-state index contributed by atoms with van der Waals surface area (Å²) < 4.78 is 12.3. The van der Waals surface area contributed by atoms with Gasteiger partial charge in [-0.05, 0) is 31.0 Å². The Kier molecular flexibility index (Phi) is 3.25. The van der Waals surface area contributed by atoms with Crippen molar-refractivity contribution >= 4 is 5.78 Å². The Morgan fingerprint density at radius 1 is 0.952 bits per heavy atom. The van der Waals surface area contributed by atoms with Gasteiger partial charge in [-0.25, -0.2) is 4.98 Å². The van der Waals surface area contributed by atoms with Crippen LogP contribution in [0.4, 0.5) is 0 Å². The number of aromatic nitrogens is 3. The molecule has 0 spiro atoms. The van der Waals surface area contributed by atoms with Crippen LogP contribution in [0.3, 0.4) is 0 Å². The zero-order chi connectivity index (χ0) is 15.0. The predicted molar refractivity (Wildman–Crippen MR) is 81.0 cm³/mol. The molecule has 0 saturated heterocycles. The van der Waals surface area contributed by atoms with E-state index in [1.807, 2.05) is 10.6 Å². The molecular formula is C16H17N3O2. The Hall–Kier alpha value is -2.56. The lowest BCUT2D eigenvalue weighted by atomic mass is 10.1. The third-order valence-corrected chi connectivity index (χ3v) is 3.60. The first-order valence-electron chi connectivity index (χ1n) is 6.68. The van der Waals surface area contributed by atoms with Crippen LogP contribution >= 0.6 is 0 Å². The normalized spacial score (nSPS) is 10.9. The minimum Gasteiger partial charge on any atom is -0.482 e. The van der Waals surface area contributed by atoms with Crippen LogP contribution in [-0.2, 0) is 0 Å². The number of aryl methyl sites for hydroxylation is 2. The van der Waals surface area contributed by atoms with E-state index in [1.165, 1.54) is 11.1 Å². The molecule has 0 N–H and O–H groups in total. The zero-order valence-corrected chi connectivity index (χ0v) is 12.5. The Morgan fingerprint density at radius 2 is 1.76 bits per heavy atom. The maximum Gasteiger partial charge on any atom is 0.240 e. The van der Waals surface area contributed by atoms with Gasteiger partial charge in [0, 0.05) is 11.8 Å². The Labute approximate surface area is 123 Å². The second-order valence-electron chi connectivity index (χ2n) is 4.94. The Balaban J connectivity index is 2.18. The van der Waals surface area contributed by atoms with E-state index in [4.69, 9.17) is 9.47 Å². The molecule has 0 bridgehead atoms. The van der Waals surface area contributed by atoms with Gasteiger partial charge in [0.1, 0.15) is 0 Å². The third kappa shape index (κ3) is 2.31. The molecule has 0 aliphatic heterocycles. The van der Waals surface area contributed by atoms with Crippen molar-refractivity contribution in [2.75, 3.05) is 14.2 Å². The average molecular weight is 283 g/mol. The molecule has 2 heterocycles. The van der Waals surface area contributed by atoms with Crippen LogP contribution in [0.25, 0.3) is 17.0 Å². The number of imidazole rings is 1. The maximum atomic E-state index is 5.36. The molecular weight excluding hydrogens is 266 g/mol. The monoisotopic (exact) mass is 283 g/mol. The van der Waals surface area contributed by atoms with Crippen molar-refractivity contribution < 1.29 is 9.47 Å². The van der Waals surface area contributed by atoms with E-state index in [1.54, 1.807) is 20.3 Å². The lowest BCUT2D eigenvalue weighted by Crippen LogP contribution is -1.97. The van der Waals surface area contributed by atoms with Crippen LogP contribution in [0, 0.1) is 13.8 Å². The van der Waals surface area contributed by atoms with Gasteiger partial charge in [0.05, 0.1) is 26.0 Å². The summed E-state index contributed by atoms with van der Waals surface area (Å²) in [5.74, 6) is 1.68. The first kappa shape index (κ1) is 13.4. The number of hydrogen-bond acceptors (Lipinski definition) is 4. The van der Waals surface area contributed by atoms with E-state index in [0.29, 0.717) is 17.5 Å². The molecule has 0 unspecified atom stereocenters. The van der Waals surface area contributed by atoms with Crippen molar-refractivity contribution in [1.82, 2.24) is 14.4 Å². The summed E-state index contributed by atoms with van der Waals surface area (Å²) in [7, 11) is 3.19. The average Bonchev–Trinajstić information content (AvgIpc) is 2.92. The van der Waals surface area contributed by atoms with E-state index in [9.17, 15) is 0 Å². The molecule has 0 atom stereocenters. The van der Waals surface area contributed by atoms with Crippen LogP contribution in [-0.4, -0.2) is 28.6 Å². The van der Waals surface area contributed by atoms with Crippen molar-refractivity contribution in [3.63, 3.8) is 0 Å². The molecule has 108 valence electrons. The highest BCUT2D eigenvalue weighted by Crippen LogP contribution is 2.25. The molecule has 3 aromatic rings. The molecule has 0 fully saturated rings. The van der Waals surface area contributed by atoms with Gasteiger partial charge in [0.15, 0.2) is 0 Å². The van der Waals surface area contributed by atoms with Crippen molar-refractivity contribution in [1.29, 1.82) is 0 Å². The zero-order valence-electron chi connectivity index (χ0n) is 12.5. The third-order valence-electron chi connectivity index (χ3n) is 3.60. The van der Waals surface area contributed by atoms with Gasteiger partial charge >= 0.3 is 0 Å². The van der Waals surface area contributed by atoms with Gasteiger partial charge < -0.3 is 9.47 Å². The highest BCUT2D eigenvalue weighted by atomic mass is 16.5. The number of methoxy groups -OCH3 is 2. The molecule has 0 aliphatic carbocycles. The van der Waals surface area contributed by atoms with Crippen molar-refractivity contribution in [3.05, 3.63) is 41.6 Å². The second kappa shape index (κ2) is 5.09. The van der Waals surface area contributed by atoms with Gasteiger partial charge in [-0.1, -0.05) is 12.1 Å². The summed E-state index contributed by atoms with van der Waals surface area (Å²) in [4.78, 5) is 8.90. The highest BCUT2D eigenvalue weighted by molar-refractivity contribution is 5.63. The standard InChI is InChI=1S/C16H17N3O2/c1-10-5-6-12(7-11(10)2)13-9-19-15(21-4)8-14(20-3)18-16(19)17-13/h5-9H,1-4H3. The number of rotatable bonds is 3. The first-order chi connectivity index (χ1) is 10.1. The van der Waals surface area contributed by atoms with Crippen LogP contribution < -0.4 is 9.47 Å². The first-order valence-corrected chi connectivity index (χ1v) is 6.68. The fourth-order valence-corrected chi connectivity index (χ4v) is 2.22. The summed E-state index contributed by atoms with van der Waals surface area (Å²) in [5, 5.41) is 0. The van der Waals surface area contributed by atoms with Gasteiger partial charge in [-0.15, -0.1) is 0 Å². The molecule has 3 rings (SSSR count). The minimum absolute atomic E-state index is 0.483. The topological polar surface area (TPSA) is 48.7 Å². The lowest BCUT2D eigenvalue weighted by molar-refractivity contribution is 0.369. The second-order valence-corrected chi connectivity index (χ2v) is 4.94. The predicted octanol–water partition coefficient (Wildman–Crippen LogP) is 3.03. The van der Waals surface area contributed by atoms with Crippen LogP contribution in [0.1, 0.15) is 11.1 Å². The van der Waals surface area contributed by atoms with Gasteiger partial charge in [0.25, 0.3) is 0 Å². The smallest absolute Gasteiger partial charge is 0.240 e. The van der Waals surface area contributed by atoms with Gasteiger partial charge in [0.2, 0.25) is 17.5 Å². The summed E-state index contributed by atoms with van der Waals surface area (Å²) in [5.41, 5.74) is 4.42. The fourth-order valence-electron chi connectivity index (χ4n) is 2.22. The number of benzene rings is 1. The number of hydrogen-bond donors (Lipinski definition) is 0. The lowest BCUT2D eigenvalue weighted by Gasteiger charge is -2.05. The van der Waals surface area contributed by atoms with Gasteiger partial charge in [-0.3, -0.25) is 4.40 Å². The molecule has 5 nitrogen and oxygen atoms in total. The van der Waals surface area contributed by atoms with Crippen LogP contribution in [0.15, 0.2) is 30.5 Å². The van der Waals surface area contributed by atoms with Crippen molar-refractivity contribution in [2.24, 2.45) is 0 Å². The van der Waals surface area contributed by atoms with Crippen molar-refractivity contribution in [2.45, 2.75) is 13.8 Å². The fraction of sp³-hybridized carbons (Fsp3) is 0.250. The highest BCUT2D eigenvalue weighted by Gasteiger charge is 2.11. The molecule has 0 saturated carbocycles. The Morgan fingerprint density at radius 3 is 2.43 bits per heavy atom. The molecule has 0 aliphatic rings. The Bertz CT molecular complexity index is 809. The molecule has 5 heteroatoms. The number of fused-ring (bicyclic) bond motifs is 1. The number of ether oxygens (including phenoxy) is 2. The summed E-state index contributed by atoms with van der Waals surface area (Å²) in [6, 6.07) is 8.02. The summed E-state index contributed by atoms with van der Waals surface area (Å²) in [6.07, 6.45) is 1.92. The SMILES string of the molecule is COc1cc(OC)n2cc(-c3ccc(C)c(C)c3)nc2n1. The van der Waals surface area contributed by atoms with Crippen molar-refractivity contribution in [3.8, 4) is 23.0 Å².